The number of anilines is 6. The molecule has 9 aromatic heterocycles. The van der Waals surface area contributed by atoms with Gasteiger partial charge in [-0.25, -0.2) is 15.0 Å². The fraction of sp³-hybridized carbons (Fsp3) is 0.0513. The highest BCUT2D eigenvalue weighted by atomic mass is 15.3. The molecular formula is C117H81N15. The van der Waals surface area contributed by atoms with Crippen molar-refractivity contribution in [1.82, 2.24) is 56.1 Å². The van der Waals surface area contributed by atoms with Crippen LogP contribution in [0.2, 0.25) is 0 Å². The number of benzene rings is 18. The summed E-state index contributed by atoms with van der Waals surface area (Å²) in [5.41, 5.74) is 35.4. The third-order valence-electron chi connectivity index (χ3n) is 28.3. The molecule has 0 saturated carbocycles. The number of nitrogens with zero attached hydrogens (tertiary/aromatic N) is 15. The molecule has 0 bridgehead atoms. The van der Waals surface area contributed by atoms with Gasteiger partial charge in [-0.05, 0) is 199 Å². The third-order valence-corrected chi connectivity index (χ3v) is 28.3. The maximum atomic E-state index is 5.06. The van der Waals surface area contributed by atoms with Gasteiger partial charge in [0.1, 0.15) is 0 Å². The first-order valence-corrected chi connectivity index (χ1v) is 45.3. The van der Waals surface area contributed by atoms with E-state index in [1.54, 1.807) is 0 Å². The molecule has 0 unspecified atom stereocenters. The Morgan fingerprint density at radius 2 is 0.341 bits per heavy atom. The van der Waals surface area contributed by atoms with Crippen LogP contribution in [0.5, 0.6) is 0 Å². The van der Waals surface area contributed by atoms with Crippen LogP contribution < -0.4 is 14.7 Å². The van der Waals surface area contributed by atoms with Crippen LogP contribution in [0.15, 0.2) is 400 Å². The Hall–Kier alpha value is -17.4. The molecule has 0 N–H and O–H groups in total. The highest BCUT2D eigenvalue weighted by Gasteiger charge is 2.31. The molecule has 132 heavy (non-hydrogen) atoms. The highest BCUT2D eigenvalue weighted by molar-refractivity contribution is 6.17. The molecule has 0 saturated heterocycles. The lowest BCUT2D eigenvalue weighted by atomic mass is 10.1. The molecule has 15 nitrogen and oxygen atoms in total. The molecule has 12 heterocycles. The van der Waals surface area contributed by atoms with Crippen molar-refractivity contribution in [3.05, 3.63) is 417 Å². The van der Waals surface area contributed by atoms with Crippen molar-refractivity contribution in [1.29, 1.82) is 0 Å². The zero-order chi connectivity index (χ0) is 86.8. The van der Waals surface area contributed by atoms with Crippen molar-refractivity contribution in [2.24, 2.45) is 0 Å². The zero-order valence-corrected chi connectivity index (χ0v) is 72.4. The fourth-order valence-electron chi connectivity index (χ4n) is 22.4. The van der Waals surface area contributed by atoms with Crippen molar-refractivity contribution in [3.8, 4) is 34.1 Å². The number of para-hydroxylation sites is 15. The standard InChI is InChI=1S/C51H34N6.C39H27N5.C27H20N4/c1-53-50-30-35(23-22-32(50)31-54-49-21-11-6-16-42(49)52-51(53)54)57-47-26-24-33(55-43-17-7-2-12-36(43)37-13-3-8-18-44(37)55)28-40(47)41-29-34(25-27-48(41)57)56-45-19-9-4-14-38(45)39-15-5-10-20-46(39)56;1-41-38-23-27(19-18-25(38)24-42-37-17-9-5-13-32(37)40-39(41)42)44-35-16-8-4-12-30(35)31-22-26(20-21-36(31)44)43-33-14-6-2-10-28(33)29-11-3-7-15-34(29)43;1-29-26-16-19(31-23-11-5-2-8-20(23)21-9-3-6-12-24(21)31)15-14-18(26)17-30-25-13-7-4-10-22(25)28-27(29)30/h2-30H,31H2,1H3;2-23H,24H2,1H3;2-16H,17H2,1H3. The van der Waals surface area contributed by atoms with E-state index in [1.807, 2.05) is 0 Å². The van der Waals surface area contributed by atoms with Crippen LogP contribution >= 0.6 is 0 Å². The minimum absolute atomic E-state index is 0.785. The van der Waals surface area contributed by atoms with Gasteiger partial charge in [0, 0.05) is 120 Å². The molecular weight excluding hydrogens is 1620 g/mol. The van der Waals surface area contributed by atoms with Crippen LogP contribution in [0, 0.1) is 0 Å². The quantitative estimate of drug-likeness (QED) is 0.165. The number of hydrogen-bond donors (Lipinski definition) is 0. The summed E-state index contributed by atoms with van der Waals surface area (Å²) >= 11 is 0. The molecule has 0 aliphatic carbocycles. The summed E-state index contributed by atoms with van der Waals surface area (Å²) in [7, 11) is 6.39. The molecule has 0 fully saturated rings. The lowest BCUT2D eigenvalue weighted by Gasteiger charge is -2.29. The van der Waals surface area contributed by atoms with Gasteiger partial charge in [0.05, 0.1) is 136 Å². The molecule has 27 aromatic rings. The van der Waals surface area contributed by atoms with E-state index in [0.717, 1.165) is 82.3 Å². The minimum atomic E-state index is 0.785. The Kier molecular flexibility index (Phi) is 15.8. The largest absolute Gasteiger partial charge is 0.315 e. The first kappa shape index (κ1) is 73.7. The van der Waals surface area contributed by atoms with E-state index in [-0.39, 0.29) is 0 Å². The normalized spacial score (nSPS) is 13.0. The predicted molar refractivity (Wildman–Crippen MR) is 546 cm³/mol. The summed E-state index contributed by atoms with van der Waals surface area (Å²) in [5, 5.41) is 15.1. The minimum Gasteiger partial charge on any atom is -0.315 e. The lowest BCUT2D eigenvalue weighted by Crippen LogP contribution is -2.23. The van der Waals surface area contributed by atoms with Gasteiger partial charge in [-0.15, -0.1) is 0 Å². The first-order chi connectivity index (χ1) is 65.2. The highest BCUT2D eigenvalue weighted by Crippen LogP contribution is 2.47. The lowest BCUT2D eigenvalue weighted by molar-refractivity contribution is 0.778. The fourth-order valence-corrected chi connectivity index (χ4v) is 22.4. The number of imidazole rings is 3. The average Bonchev–Trinajstić information content (AvgIpc) is 1.53. The number of aromatic nitrogens is 12. The summed E-state index contributed by atoms with van der Waals surface area (Å²) in [5.74, 6) is 2.94. The molecule has 18 aromatic carbocycles. The molecule has 0 radical (unpaired) electrons. The van der Waals surface area contributed by atoms with Crippen LogP contribution in [0.1, 0.15) is 16.7 Å². The van der Waals surface area contributed by atoms with Gasteiger partial charge in [0.15, 0.2) is 0 Å². The predicted octanol–water partition coefficient (Wildman–Crippen LogP) is 28.1. The van der Waals surface area contributed by atoms with E-state index < -0.39 is 0 Å². The van der Waals surface area contributed by atoms with Gasteiger partial charge in [-0.2, -0.15) is 0 Å². The van der Waals surface area contributed by atoms with Crippen molar-refractivity contribution in [2.45, 2.75) is 19.6 Å². The van der Waals surface area contributed by atoms with Crippen LogP contribution in [-0.4, -0.2) is 77.2 Å². The van der Waals surface area contributed by atoms with Crippen LogP contribution in [-0.2, 0) is 19.6 Å². The van der Waals surface area contributed by atoms with Gasteiger partial charge < -0.3 is 55.8 Å². The maximum Gasteiger partial charge on any atom is 0.211 e. The van der Waals surface area contributed by atoms with E-state index in [2.05, 4.69) is 477 Å². The molecule has 15 heteroatoms. The van der Waals surface area contributed by atoms with Crippen LogP contribution in [0.25, 0.3) is 198 Å². The van der Waals surface area contributed by atoms with Crippen LogP contribution in [0.4, 0.5) is 34.9 Å². The van der Waals surface area contributed by atoms with E-state index in [4.69, 9.17) is 15.0 Å². The van der Waals surface area contributed by atoms with Crippen molar-refractivity contribution >= 4 is 199 Å². The van der Waals surface area contributed by atoms with Gasteiger partial charge >= 0.3 is 0 Å². The summed E-state index contributed by atoms with van der Waals surface area (Å²) in [6.45, 7) is 2.43. The molecule has 30 rings (SSSR count). The SMILES string of the molecule is CN1c2cc(-n3c4ccc(-n5c6ccccc6c6ccccc65)cc4c4cc(-n5c6ccccc6c6ccccc65)ccc43)ccc2Cn2c1nc1ccccc12.CN1c2cc(-n3c4ccccc4c4cc(-n5c6ccccc6c6ccccc65)ccc43)ccc2Cn2c1nc1ccccc12.CN1c2cc(-n3c4ccccc4c4ccccc43)ccc2Cn2c1nc1ccccc12. The second kappa shape index (κ2) is 28.3. The Bertz CT molecular complexity index is 9190. The van der Waals surface area contributed by atoms with E-state index in [1.165, 1.54) is 187 Å². The van der Waals surface area contributed by atoms with Gasteiger partial charge in [-0.3, -0.25) is 0 Å². The van der Waals surface area contributed by atoms with Gasteiger partial charge in [0.25, 0.3) is 0 Å². The number of fused-ring (bicyclic) bond motifs is 30. The zero-order valence-electron chi connectivity index (χ0n) is 72.4. The Morgan fingerprint density at radius 3 is 0.576 bits per heavy atom. The average molecular weight is 1700 g/mol. The summed E-state index contributed by atoms with van der Waals surface area (Å²) in [6.07, 6.45) is 0. The summed E-state index contributed by atoms with van der Waals surface area (Å²) < 4.78 is 21.4. The molecule has 624 valence electrons. The number of rotatable bonds is 6. The topological polar surface area (TPSA) is 92.8 Å². The molecule has 3 aliphatic heterocycles. The van der Waals surface area contributed by atoms with Crippen molar-refractivity contribution in [3.63, 3.8) is 0 Å². The van der Waals surface area contributed by atoms with E-state index >= 15 is 0 Å². The third kappa shape index (κ3) is 10.8. The molecule has 0 atom stereocenters. The van der Waals surface area contributed by atoms with Crippen LogP contribution in [0.3, 0.4) is 0 Å². The second-order valence-electron chi connectivity index (χ2n) is 35.3. The summed E-state index contributed by atoms with van der Waals surface area (Å²) in [6, 6.07) is 145. The second-order valence-corrected chi connectivity index (χ2v) is 35.3. The monoisotopic (exact) mass is 1700 g/mol. The number of hydrogen-bond acceptors (Lipinski definition) is 6. The Balaban J connectivity index is 0.000000104. The Labute approximate surface area is 756 Å². The van der Waals surface area contributed by atoms with E-state index in [0.29, 0.717) is 0 Å². The smallest absolute Gasteiger partial charge is 0.211 e. The maximum absolute atomic E-state index is 5.06. The molecule has 3 aliphatic rings. The summed E-state index contributed by atoms with van der Waals surface area (Å²) in [4.78, 5) is 21.6. The van der Waals surface area contributed by atoms with Crippen molar-refractivity contribution < 1.29 is 0 Å². The van der Waals surface area contributed by atoms with Crippen molar-refractivity contribution in [2.75, 3.05) is 35.8 Å². The van der Waals surface area contributed by atoms with E-state index in [9.17, 15) is 0 Å². The Morgan fingerprint density at radius 1 is 0.167 bits per heavy atom. The van der Waals surface area contributed by atoms with Gasteiger partial charge in [0.2, 0.25) is 17.8 Å². The molecule has 0 spiro atoms. The van der Waals surface area contributed by atoms with Gasteiger partial charge in [-0.1, -0.05) is 218 Å². The first-order valence-electron chi connectivity index (χ1n) is 45.3. The molecule has 0 amide bonds.